The molecule has 1 aromatic heterocycles. The van der Waals surface area contributed by atoms with Gasteiger partial charge in [-0.05, 0) is 5.39 Å². The SMILES string of the molecule is CO[Si](OC)(c1[nH]cc2ccccc12)C(C)(C)C. The van der Waals surface area contributed by atoms with Gasteiger partial charge in [-0.2, -0.15) is 0 Å². The first-order valence-corrected chi connectivity index (χ1v) is 7.95. The van der Waals surface area contributed by atoms with Gasteiger partial charge in [-0.25, -0.2) is 0 Å². The number of hydrogen-bond donors (Lipinski definition) is 1. The molecule has 3 nitrogen and oxygen atoms in total. The van der Waals surface area contributed by atoms with Crippen LogP contribution in [0.15, 0.2) is 30.5 Å². The number of hydrogen-bond acceptors (Lipinski definition) is 2. The Hall–Kier alpha value is -1.10. The second kappa shape index (κ2) is 4.53. The van der Waals surface area contributed by atoms with Crippen molar-refractivity contribution in [2.75, 3.05) is 14.2 Å². The van der Waals surface area contributed by atoms with E-state index in [1.165, 1.54) is 10.8 Å². The van der Waals surface area contributed by atoms with Gasteiger partial charge in [-0.1, -0.05) is 45.0 Å². The maximum atomic E-state index is 5.89. The third kappa shape index (κ3) is 1.81. The number of fused-ring (bicyclic) bond motifs is 1. The maximum absolute atomic E-state index is 5.89. The average Bonchev–Trinajstić information content (AvgIpc) is 2.74. The molecule has 0 atom stereocenters. The Balaban J connectivity index is 2.70. The van der Waals surface area contributed by atoms with Gasteiger partial charge in [0.05, 0.1) is 5.32 Å². The van der Waals surface area contributed by atoms with Crippen LogP contribution in [0.25, 0.3) is 10.8 Å². The molecule has 1 aromatic carbocycles. The highest BCUT2D eigenvalue weighted by atomic mass is 28.4. The van der Waals surface area contributed by atoms with Crippen LogP contribution in [0.2, 0.25) is 5.04 Å². The van der Waals surface area contributed by atoms with E-state index in [9.17, 15) is 0 Å². The molecule has 0 fully saturated rings. The molecule has 2 rings (SSSR count). The third-order valence-corrected chi connectivity index (χ3v) is 7.69. The van der Waals surface area contributed by atoms with Crippen LogP contribution in [-0.2, 0) is 8.85 Å². The fourth-order valence-corrected chi connectivity index (χ4v) is 6.02. The summed E-state index contributed by atoms with van der Waals surface area (Å²) in [6.45, 7) is 6.51. The highest BCUT2D eigenvalue weighted by Gasteiger charge is 2.51. The molecule has 0 saturated carbocycles. The number of aromatic amines is 1. The van der Waals surface area contributed by atoms with E-state index in [1.54, 1.807) is 14.2 Å². The molecule has 1 heterocycles. The van der Waals surface area contributed by atoms with Crippen molar-refractivity contribution in [2.45, 2.75) is 25.8 Å². The summed E-state index contributed by atoms with van der Waals surface area (Å²) in [5, 5.41) is 3.45. The smallest absolute Gasteiger partial charge is 0.393 e. The van der Waals surface area contributed by atoms with Crippen LogP contribution in [0.4, 0.5) is 0 Å². The van der Waals surface area contributed by atoms with Crippen LogP contribution >= 0.6 is 0 Å². The van der Waals surface area contributed by atoms with Gasteiger partial charge in [-0.15, -0.1) is 0 Å². The Morgan fingerprint density at radius 2 is 1.67 bits per heavy atom. The van der Waals surface area contributed by atoms with Crippen molar-refractivity contribution in [1.82, 2.24) is 4.98 Å². The zero-order chi connectivity index (χ0) is 13.4. The summed E-state index contributed by atoms with van der Waals surface area (Å²) in [5.41, 5.74) is 0. The van der Waals surface area contributed by atoms with Crippen molar-refractivity contribution in [3.63, 3.8) is 0 Å². The molecule has 1 N–H and O–H groups in total. The summed E-state index contributed by atoms with van der Waals surface area (Å²) >= 11 is 0. The largest absolute Gasteiger partial charge is 0.394 e. The van der Waals surface area contributed by atoms with Gasteiger partial charge < -0.3 is 13.8 Å². The van der Waals surface area contributed by atoms with E-state index >= 15 is 0 Å². The summed E-state index contributed by atoms with van der Waals surface area (Å²) in [6.07, 6.45) is 2.02. The van der Waals surface area contributed by atoms with E-state index in [-0.39, 0.29) is 5.04 Å². The van der Waals surface area contributed by atoms with Gasteiger partial charge in [0.25, 0.3) is 0 Å². The topological polar surface area (TPSA) is 34.2 Å². The molecule has 0 bridgehead atoms. The minimum Gasteiger partial charge on any atom is -0.393 e. The second-order valence-corrected chi connectivity index (χ2v) is 9.58. The normalized spacial score (nSPS) is 13.2. The lowest BCUT2D eigenvalue weighted by atomic mass is 10.2. The summed E-state index contributed by atoms with van der Waals surface area (Å²) in [6, 6.07) is 8.31. The van der Waals surface area contributed by atoms with Crippen molar-refractivity contribution in [1.29, 1.82) is 0 Å². The molecule has 0 unspecified atom stereocenters. The molecule has 0 spiro atoms. The van der Waals surface area contributed by atoms with E-state index in [2.05, 4.69) is 37.9 Å². The predicted molar refractivity (Wildman–Crippen MR) is 77.4 cm³/mol. The molecule has 4 heteroatoms. The van der Waals surface area contributed by atoms with Crippen LogP contribution < -0.4 is 5.32 Å². The first-order valence-electron chi connectivity index (χ1n) is 6.13. The molecule has 0 aliphatic heterocycles. The zero-order valence-electron chi connectivity index (χ0n) is 11.7. The molecule has 18 heavy (non-hydrogen) atoms. The van der Waals surface area contributed by atoms with Crippen molar-refractivity contribution in [3.05, 3.63) is 30.5 Å². The Bertz CT molecular complexity index is 538. The number of rotatable bonds is 3. The van der Waals surface area contributed by atoms with Crippen molar-refractivity contribution >= 4 is 24.7 Å². The summed E-state index contributed by atoms with van der Waals surface area (Å²) in [4.78, 5) is 3.37. The highest BCUT2D eigenvalue weighted by molar-refractivity contribution is 6.84. The summed E-state index contributed by atoms with van der Waals surface area (Å²) < 4.78 is 11.8. The Labute approximate surface area is 109 Å². The zero-order valence-corrected chi connectivity index (χ0v) is 12.7. The van der Waals surface area contributed by atoms with E-state index in [4.69, 9.17) is 8.85 Å². The van der Waals surface area contributed by atoms with E-state index in [0.717, 1.165) is 5.32 Å². The summed E-state index contributed by atoms with van der Waals surface area (Å²) in [5.74, 6) is 0. The van der Waals surface area contributed by atoms with E-state index < -0.39 is 8.56 Å². The lowest BCUT2D eigenvalue weighted by Gasteiger charge is -2.38. The fraction of sp³-hybridized carbons (Fsp3) is 0.429. The monoisotopic (exact) mass is 263 g/mol. The molecule has 0 aliphatic carbocycles. The lowest BCUT2D eigenvalue weighted by molar-refractivity contribution is 0.229. The highest BCUT2D eigenvalue weighted by Crippen LogP contribution is 2.37. The van der Waals surface area contributed by atoms with Gasteiger partial charge >= 0.3 is 8.56 Å². The van der Waals surface area contributed by atoms with Crippen molar-refractivity contribution in [3.8, 4) is 0 Å². The first-order chi connectivity index (χ1) is 8.46. The average molecular weight is 263 g/mol. The summed E-state index contributed by atoms with van der Waals surface area (Å²) in [7, 11) is 1.00. The number of H-pyrrole nitrogens is 1. The van der Waals surface area contributed by atoms with E-state index in [0.29, 0.717) is 0 Å². The predicted octanol–water partition coefficient (Wildman–Crippen LogP) is 2.91. The van der Waals surface area contributed by atoms with Gasteiger partial charge in [0.1, 0.15) is 0 Å². The molecule has 0 aliphatic rings. The molecular weight excluding hydrogens is 242 g/mol. The standard InChI is InChI=1S/C14H21NO2Si/c1-14(2,3)18(16-4,17-5)13-12-9-7-6-8-11(12)10-15-13/h6-10,15H,1-5H3. The van der Waals surface area contributed by atoms with Crippen molar-refractivity contribution < 1.29 is 8.85 Å². The Kier molecular flexibility index (Phi) is 3.36. The molecule has 0 saturated heterocycles. The molecule has 98 valence electrons. The van der Waals surface area contributed by atoms with Gasteiger partial charge in [0, 0.05) is 30.8 Å². The Morgan fingerprint density at radius 1 is 1.06 bits per heavy atom. The van der Waals surface area contributed by atoms with Gasteiger partial charge in [-0.3, -0.25) is 0 Å². The molecule has 0 radical (unpaired) electrons. The Morgan fingerprint density at radius 3 is 2.22 bits per heavy atom. The maximum Gasteiger partial charge on any atom is 0.394 e. The lowest BCUT2D eigenvalue weighted by Crippen LogP contribution is -2.60. The minimum atomic E-state index is -2.49. The van der Waals surface area contributed by atoms with Gasteiger partial charge in [0.2, 0.25) is 0 Å². The van der Waals surface area contributed by atoms with Crippen LogP contribution in [0, 0.1) is 0 Å². The minimum absolute atomic E-state index is 0.0515. The van der Waals surface area contributed by atoms with Crippen molar-refractivity contribution in [2.24, 2.45) is 0 Å². The van der Waals surface area contributed by atoms with Crippen LogP contribution in [-0.4, -0.2) is 27.8 Å². The molecular formula is C14H21NO2Si. The van der Waals surface area contributed by atoms with Gasteiger partial charge in [0.15, 0.2) is 0 Å². The number of nitrogens with one attached hydrogen (secondary N) is 1. The number of benzene rings is 1. The van der Waals surface area contributed by atoms with Crippen LogP contribution in [0.1, 0.15) is 20.8 Å². The quantitative estimate of drug-likeness (QED) is 0.864. The number of aromatic nitrogens is 1. The van der Waals surface area contributed by atoms with Crippen LogP contribution in [0.5, 0.6) is 0 Å². The molecule has 0 amide bonds. The first kappa shape index (κ1) is 13.3. The van der Waals surface area contributed by atoms with E-state index in [1.807, 2.05) is 18.3 Å². The molecule has 2 aromatic rings. The van der Waals surface area contributed by atoms with Crippen LogP contribution in [0.3, 0.4) is 0 Å². The second-order valence-electron chi connectivity index (χ2n) is 5.53. The third-order valence-electron chi connectivity index (χ3n) is 3.49. The fourth-order valence-electron chi connectivity index (χ4n) is 2.63.